The molecule has 0 bridgehead atoms. The zero-order valence-electron chi connectivity index (χ0n) is 18.5. The van der Waals surface area contributed by atoms with Gasteiger partial charge >= 0.3 is 0 Å². The van der Waals surface area contributed by atoms with E-state index in [2.05, 4.69) is 21.7 Å². The first-order valence-corrected chi connectivity index (χ1v) is 10.6. The van der Waals surface area contributed by atoms with Crippen LogP contribution in [0.25, 0.3) is 0 Å². The van der Waals surface area contributed by atoms with Crippen LogP contribution in [0, 0.1) is 6.92 Å². The van der Waals surface area contributed by atoms with Crippen LogP contribution in [0.2, 0.25) is 0 Å². The number of guanidine groups is 1. The third-order valence-corrected chi connectivity index (χ3v) is 5.21. The van der Waals surface area contributed by atoms with E-state index in [1.54, 1.807) is 13.0 Å². The second kappa shape index (κ2) is 11.5. The summed E-state index contributed by atoms with van der Waals surface area (Å²) in [5, 5.41) is 17.1. The summed E-state index contributed by atoms with van der Waals surface area (Å²) in [6, 6.07) is 11.7. The average Bonchev–Trinajstić information content (AvgIpc) is 3.36. The van der Waals surface area contributed by atoms with Crippen LogP contribution >= 0.6 is 24.0 Å². The summed E-state index contributed by atoms with van der Waals surface area (Å²) in [6.45, 7) is 7.77. The smallest absolute Gasteiger partial charge is 0.227 e. The number of aliphatic hydroxyl groups is 1. The molecule has 0 spiro atoms. The van der Waals surface area contributed by atoms with Crippen molar-refractivity contribution in [2.45, 2.75) is 45.6 Å². The van der Waals surface area contributed by atoms with Gasteiger partial charge in [0.25, 0.3) is 0 Å². The normalized spacial score (nSPS) is 15.1. The van der Waals surface area contributed by atoms with E-state index in [0.29, 0.717) is 37.7 Å². The molecule has 8 heteroatoms. The van der Waals surface area contributed by atoms with E-state index >= 15 is 0 Å². The van der Waals surface area contributed by atoms with Gasteiger partial charge in [-0.2, -0.15) is 0 Å². The monoisotopic (exact) mass is 540 g/mol. The molecule has 1 aromatic heterocycles. The van der Waals surface area contributed by atoms with Crippen molar-refractivity contribution in [3.63, 3.8) is 0 Å². The van der Waals surface area contributed by atoms with Gasteiger partial charge < -0.3 is 25.1 Å². The molecule has 3 rings (SSSR count). The van der Waals surface area contributed by atoms with Crippen molar-refractivity contribution >= 4 is 41.5 Å². The Balaban J connectivity index is 0.00000341. The largest absolute Gasteiger partial charge is 0.463 e. The molecule has 0 fully saturated rings. The Morgan fingerprint density at radius 1 is 1.26 bits per heavy atom. The van der Waals surface area contributed by atoms with Crippen LogP contribution in [0.1, 0.15) is 43.8 Å². The number of benzene rings is 1. The van der Waals surface area contributed by atoms with Gasteiger partial charge in [0, 0.05) is 31.7 Å². The Kier molecular flexibility index (Phi) is 9.36. The van der Waals surface area contributed by atoms with E-state index in [9.17, 15) is 9.90 Å². The number of hydrogen-bond acceptors (Lipinski definition) is 4. The van der Waals surface area contributed by atoms with Crippen molar-refractivity contribution in [2.24, 2.45) is 4.99 Å². The molecule has 1 aromatic carbocycles. The van der Waals surface area contributed by atoms with Gasteiger partial charge in [0.2, 0.25) is 5.91 Å². The molecule has 7 nitrogen and oxygen atoms in total. The van der Waals surface area contributed by atoms with Crippen LogP contribution in [0.4, 0.5) is 5.69 Å². The van der Waals surface area contributed by atoms with Gasteiger partial charge in [-0.25, -0.2) is 4.99 Å². The number of fused-ring (bicyclic) bond motifs is 1. The highest BCUT2D eigenvalue weighted by molar-refractivity contribution is 14.0. The van der Waals surface area contributed by atoms with Gasteiger partial charge in [-0.3, -0.25) is 4.79 Å². The quantitative estimate of drug-likeness (QED) is 0.207. The topological polar surface area (TPSA) is 90.1 Å². The van der Waals surface area contributed by atoms with Crippen LogP contribution in [-0.4, -0.2) is 43.2 Å². The van der Waals surface area contributed by atoms with Crippen molar-refractivity contribution < 1.29 is 14.3 Å². The Morgan fingerprint density at radius 3 is 2.74 bits per heavy atom. The van der Waals surface area contributed by atoms with Crippen molar-refractivity contribution in [2.75, 3.05) is 31.1 Å². The molecule has 170 valence electrons. The number of nitrogens with zero attached hydrogens (tertiary/aromatic N) is 2. The Morgan fingerprint density at radius 2 is 2.03 bits per heavy atom. The number of furan rings is 1. The van der Waals surface area contributed by atoms with Crippen LogP contribution in [0.5, 0.6) is 0 Å². The number of aryl methyl sites for hydroxylation is 1. The van der Waals surface area contributed by atoms with E-state index < -0.39 is 5.60 Å². The zero-order valence-corrected chi connectivity index (χ0v) is 20.8. The zero-order chi connectivity index (χ0) is 21.6. The molecule has 31 heavy (non-hydrogen) atoms. The minimum absolute atomic E-state index is 0. The molecule has 2 heterocycles. The number of hydrogen-bond donors (Lipinski definition) is 3. The third-order valence-electron chi connectivity index (χ3n) is 5.21. The first kappa shape index (κ1) is 25.2. The van der Waals surface area contributed by atoms with Crippen LogP contribution in [-0.2, 0) is 16.8 Å². The van der Waals surface area contributed by atoms with Gasteiger partial charge in [-0.05, 0) is 57.4 Å². The van der Waals surface area contributed by atoms with Gasteiger partial charge in [0.15, 0.2) is 5.96 Å². The number of nitrogens with one attached hydrogen (secondary N) is 2. The molecule has 0 radical (unpaired) electrons. The average molecular weight is 540 g/mol. The van der Waals surface area contributed by atoms with Gasteiger partial charge in [-0.1, -0.05) is 18.2 Å². The molecule has 2 aromatic rings. The van der Waals surface area contributed by atoms with Gasteiger partial charge in [0.05, 0.1) is 6.54 Å². The Labute approximate surface area is 201 Å². The van der Waals surface area contributed by atoms with E-state index in [-0.39, 0.29) is 36.4 Å². The second-order valence-corrected chi connectivity index (χ2v) is 7.83. The first-order chi connectivity index (χ1) is 14.4. The highest BCUT2D eigenvalue weighted by Crippen LogP contribution is 2.28. The van der Waals surface area contributed by atoms with E-state index in [0.717, 1.165) is 24.4 Å². The minimum Gasteiger partial charge on any atom is -0.463 e. The molecule has 3 N–H and O–H groups in total. The first-order valence-electron chi connectivity index (χ1n) is 10.6. The van der Waals surface area contributed by atoms with E-state index in [4.69, 9.17) is 4.42 Å². The lowest BCUT2D eigenvalue weighted by Gasteiger charge is -2.20. The summed E-state index contributed by atoms with van der Waals surface area (Å²) in [4.78, 5) is 19.0. The number of halogens is 1. The maximum absolute atomic E-state index is 12.6. The summed E-state index contributed by atoms with van der Waals surface area (Å²) < 4.78 is 5.54. The Bertz CT molecular complexity index is 894. The maximum atomic E-state index is 12.6. The summed E-state index contributed by atoms with van der Waals surface area (Å²) in [5.41, 5.74) is 1.10. The summed E-state index contributed by atoms with van der Waals surface area (Å²) in [6.07, 6.45) is 2.10. The van der Waals surface area contributed by atoms with Crippen LogP contribution in [0.15, 0.2) is 45.8 Å². The molecule has 1 aliphatic rings. The molecule has 0 aliphatic carbocycles. The van der Waals surface area contributed by atoms with Crippen molar-refractivity contribution in [3.8, 4) is 0 Å². The third kappa shape index (κ3) is 6.70. The van der Waals surface area contributed by atoms with E-state index in [1.807, 2.05) is 43.0 Å². The SMILES string of the molecule is CCNC(=NCC(C)(O)c1ccc(C)o1)NCCCC(=O)N1CCc2ccccc21.I. The van der Waals surface area contributed by atoms with Crippen molar-refractivity contribution in [3.05, 3.63) is 53.5 Å². The number of aliphatic imine (C=N–C) groups is 1. The predicted molar refractivity (Wildman–Crippen MR) is 134 cm³/mol. The number of rotatable bonds is 8. The molecule has 1 unspecified atom stereocenters. The van der Waals surface area contributed by atoms with Gasteiger partial charge in [0.1, 0.15) is 17.1 Å². The highest BCUT2D eigenvalue weighted by atomic mass is 127. The highest BCUT2D eigenvalue weighted by Gasteiger charge is 2.27. The lowest BCUT2D eigenvalue weighted by molar-refractivity contribution is -0.118. The Hall–Kier alpha value is -2.07. The minimum atomic E-state index is -1.18. The summed E-state index contributed by atoms with van der Waals surface area (Å²) in [7, 11) is 0. The molecule has 0 saturated heterocycles. The number of carbonyl (C=O) groups is 1. The number of anilines is 1. The number of carbonyl (C=O) groups excluding carboxylic acids is 1. The van der Waals surface area contributed by atoms with E-state index in [1.165, 1.54) is 5.56 Å². The van der Waals surface area contributed by atoms with Crippen molar-refractivity contribution in [1.29, 1.82) is 0 Å². The summed E-state index contributed by atoms with van der Waals surface area (Å²) >= 11 is 0. The van der Waals surface area contributed by atoms with Crippen LogP contribution in [0.3, 0.4) is 0 Å². The molecule has 1 atom stereocenters. The molecule has 0 saturated carbocycles. The number of para-hydroxylation sites is 1. The fourth-order valence-electron chi connectivity index (χ4n) is 3.56. The fourth-order valence-corrected chi connectivity index (χ4v) is 3.56. The molecular weight excluding hydrogens is 507 g/mol. The predicted octanol–water partition coefficient (Wildman–Crippen LogP) is 3.34. The second-order valence-electron chi connectivity index (χ2n) is 7.83. The number of amides is 1. The molecule has 1 amide bonds. The lowest BCUT2D eigenvalue weighted by Crippen LogP contribution is -2.39. The van der Waals surface area contributed by atoms with Crippen molar-refractivity contribution in [1.82, 2.24) is 10.6 Å². The standard InChI is InChI=1S/C23H32N4O3.HI/c1-4-24-22(26-16-23(3,29)20-12-11-17(2)30-20)25-14-7-10-21(28)27-15-13-18-8-5-6-9-19(18)27;/h5-6,8-9,11-12,29H,4,7,10,13-16H2,1-3H3,(H2,24,25,26);1H. The van der Waals surface area contributed by atoms with Gasteiger partial charge in [-0.15, -0.1) is 24.0 Å². The van der Waals surface area contributed by atoms with Crippen LogP contribution < -0.4 is 15.5 Å². The summed E-state index contributed by atoms with van der Waals surface area (Å²) in [5.74, 6) is 2.01. The fraction of sp³-hybridized carbons (Fsp3) is 0.478. The maximum Gasteiger partial charge on any atom is 0.227 e. The lowest BCUT2D eigenvalue weighted by atomic mass is 10.0. The molecule has 1 aliphatic heterocycles. The molecular formula is C23H33IN4O3.